The normalized spacial score (nSPS) is 23.8. The molecule has 3 atom stereocenters. The number of hydrogen-bond donors (Lipinski definition) is 1. The van der Waals surface area contributed by atoms with E-state index in [1.165, 1.54) is 0 Å². The van der Waals surface area contributed by atoms with Crippen LogP contribution in [0.3, 0.4) is 0 Å². The lowest BCUT2D eigenvalue weighted by molar-refractivity contribution is -0.513. The number of nitrogens with one attached hydrogen (secondary N) is 1. The van der Waals surface area contributed by atoms with Gasteiger partial charge >= 0.3 is 12.2 Å². The first-order chi connectivity index (χ1) is 13.3. The molecule has 0 aromatic heterocycles. The number of likely N-dealkylation sites (tertiary alicyclic amines) is 1. The summed E-state index contributed by atoms with van der Waals surface area (Å²) in [5.74, 6) is -0.763. The summed E-state index contributed by atoms with van der Waals surface area (Å²) in [6.45, 7) is 1.93. The average Bonchev–Trinajstić information content (AvgIpc) is 3.16. The van der Waals surface area contributed by atoms with Gasteiger partial charge in [-0.2, -0.15) is 13.2 Å². The number of carbonyl (C=O) groups excluding carboxylic acids is 1. The van der Waals surface area contributed by atoms with Crippen molar-refractivity contribution in [1.29, 1.82) is 0 Å². The summed E-state index contributed by atoms with van der Waals surface area (Å²) in [7, 11) is 0. The van der Waals surface area contributed by atoms with Crippen molar-refractivity contribution in [1.82, 2.24) is 10.2 Å². The van der Waals surface area contributed by atoms with Crippen LogP contribution >= 0.6 is 12.4 Å². The molecule has 1 aliphatic heterocycles. The van der Waals surface area contributed by atoms with Crippen molar-refractivity contribution in [3.63, 3.8) is 0 Å². The Labute approximate surface area is 173 Å². The first-order valence-corrected chi connectivity index (χ1v) is 9.62. The van der Waals surface area contributed by atoms with Crippen LogP contribution in [0.15, 0.2) is 24.3 Å². The first-order valence-electron chi connectivity index (χ1n) is 9.62. The van der Waals surface area contributed by atoms with E-state index >= 15 is 0 Å². The fourth-order valence-corrected chi connectivity index (χ4v) is 4.27. The molecule has 162 valence electrons. The molecular weight excluding hydrogens is 411 g/mol. The van der Waals surface area contributed by atoms with E-state index in [1.54, 1.807) is 0 Å². The van der Waals surface area contributed by atoms with Crippen LogP contribution in [0.4, 0.5) is 13.2 Å². The SMILES string of the molecule is Cl.O=C(NC1CCCCC1N1CCCC1)C(c1ccc(C(F)(F)F)cc1)[N+](=O)[O-]. The monoisotopic (exact) mass is 435 g/mol. The molecule has 1 saturated carbocycles. The Balaban J connectivity index is 0.00000300. The Bertz CT molecular complexity index is 709. The zero-order valence-corrected chi connectivity index (χ0v) is 16.7. The third kappa shape index (κ3) is 5.60. The van der Waals surface area contributed by atoms with Gasteiger partial charge in [0.25, 0.3) is 5.91 Å². The Morgan fingerprint density at radius 3 is 2.24 bits per heavy atom. The van der Waals surface area contributed by atoms with E-state index in [1.807, 2.05) is 0 Å². The van der Waals surface area contributed by atoms with Crippen molar-refractivity contribution in [3.8, 4) is 0 Å². The zero-order valence-electron chi connectivity index (χ0n) is 15.9. The largest absolute Gasteiger partial charge is 0.416 e. The molecule has 1 heterocycles. The van der Waals surface area contributed by atoms with Gasteiger partial charge in [-0.15, -0.1) is 12.4 Å². The summed E-state index contributed by atoms with van der Waals surface area (Å²) in [5.41, 5.74) is -0.954. The molecule has 0 bridgehead atoms. The molecule has 1 aromatic carbocycles. The van der Waals surface area contributed by atoms with E-state index in [2.05, 4.69) is 10.2 Å². The van der Waals surface area contributed by atoms with Crippen LogP contribution in [0.2, 0.25) is 0 Å². The third-order valence-corrected chi connectivity index (χ3v) is 5.68. The van der Waals surface area contributed by atoms with Crippen molar-refractivity contribution in [2.75, 3.05) is 13.1 Å². The highest BCUT2D eigenvalue weighted by molar-refractivity contribution is 5.85. The van der Waals surface area contributed by atoms with Crippen LogP contribution in [-0.2, 0) is 11.0 Å². The van der Waals surface area contributed by atoms with E-state index < -0.39 is 28.6 Å². The summed E-state index contributed by atoms with van der Waals surface area (Å²) >= 11 is 0. The second kappa shape index (κ2) is 9.75. The van der Waals surface area contributed by atoms with E-state index in [9.17, 15) is 28.1 Å². The van der Waals surface area contributed by atoms with Gasteiger partial charge in [-0.3, -0.25) is 19.8 Å². The standard InChI is InChI=1S/C19H24F3N3O3.ClH/c20-19(21,22)14-9-7-13(8-10-14)17(25(27)28)18(26)23-15-5-1-2-6-16(15)24-11-3-4-12-24;/h7-10,15-17H,1-6,11-12H2,(H,23,26);1H. The Morgan fingerprint density at radius 1 is 1.10 bits per heavy atom. The molecule has 1 saturated heterocycles. The summed E-state index contributed by atoms with van der Waals surface area (Å²) < 4.78 is 38.2. The number of benzene rings is 1. The number of nitro groups is 1. The summed E-state index contributed by atoms with van der Waals surface area (Å²) in [6, 6.07) is 1.84. The highest BCUT2D eigenvalue weighted by Gasteiger charge is 2.38. The lowest BCUT2D eigenvalue weighted by Crippen LogP contribution is -2.53. The number of rotatable bonds is 5. The summed E-state index contributed by atoms with van der Waals surface area (Å²) in [4.78, 5) is 25.8. The highest BCUT2D eigenvalue weighted by atomic mass is 35.5. The number of nitrogens with zero attached hydrogens (tertiary/aromatic N) is 2. The fraction of sp³-hybridized carbons (Fsp3) is 0.632. The van der Waals surface area contributed by atoms with Crippen molar-refractivity contribution in [2.24, 2.45) is 0 Å². The van der Waals surface area contributed by atoms with Gasteiger partial charge in [0.15, 0.2) is 0 Å². The van der Waals surface area contributed by atoms with Gasteiger partial charge in [-0.25, -0.2) is 0 Å². The van der Waals surface area contributed by atoms with Crippen LogP contribution < -0.4 is 5.32 Å². The fourth-order valence-electron chi connectivity index (χ4n) is 4.27. The third-order valence-electron chi connectivity index (χ3n) is 5.68. The molecule has 3 rings (SSSR count). The minimum atomic E-state index is -4.53. The average molecular weight is 436 g/mol. The van der Waals surface area contributed by atoms with Crippen molar-refractivity contribution >= 4 is 18.3 Å². The number of carbonyl (C=O) groups is 1. The van der Waals surface area contributed by atoms with E-state index in [0.29, 0.717) is 0 Å². The van der Waals surface area contributed by atoms with E-state index in [4.69, 9.17) is 0 Å². The number of halogens is 4. The minimum absolute atomic E-state index is 0. The second-order valence-electron chi connectivity index (χ2n) is 7.52. The summed E-state index contributed by atoms with van der Waals surface area (Å²) in [5, 5.41) is 14.3. The van der Waals surface area contributed by atoms with Gasteiger partial charge in [0, 0.05) is 22.6 Å². The second-order valence-corrected chi connectivity index (χ2v) is 7.52. The quantitative estimate of drug-likeness (QED) is 0.561. The van der Waals surface area contributed by atoms with Crippen LogP contribution in [0.1, 0.15) is 55.7 Å². The Hall–Kier alpha value is -1.87. The zero-order chi connectivity index (χ0) is 20.3. The van der Waals surface area contributed by atoms with Crippen LogP contribution in [0.5, 0.6) is 0 Å². The molecule has 29 heavy (non-hydrogen) atoms. The molecule has 1 N–H and O–H groups in total. The van der Waals surface area contributed by atoms with Crippen molar-refractivity contribution in [2.45, 2.75) is 62.8 Å². The molecule has 0 spiro atoms. The molecule has 2 aliphatic rings. The lowest BCUT2D eigenvalue weighted by Gasteiger charge is -2.38. The minimum Gasteiger partial charge on any atom is -0.346 e. The van der Waals surface area contributed by atoms with Gasteiger partial charge in [0.05, 0.1) is 5.56 Å². The van der Waals surface area contributed by atoms with Crippen LogP contribution in [-0.4, -0.2) is 40.9 Å². The van der Waals surface area contributed by atoms with E-state index in [-0.39, 0.29) is 30.1 Å². The maximum atomic E-state index is 12.7. The van der Waals surface area contributed by atoms with Gasteiger partial charge < -0.3 is 5.32 Å². The highest BCUT2D eigenvalue weighted by Crippen LogP contribution is 2.31. The molecule has 6 nitrogen and oxygen atoms in total. The van der Waals surface area contributed by atoms with Gasteiger partial charge in [0.1, 0.15) is 0 Å². The smallest absolute Gasteiger partial charge is 0.346 e. The molecule has 3 unspecified atom stereocenters. The molecule has 1 amide bonds. The molecule has 0 radical (unpaired) electrons. The predicted molar refractivity (Wildman–Crippen MR) is 103 cm³/mol. The van der Waals surface area contributed by atoms with Gasteiger partial charge in [-0.05, 0) is 50.9 Å². The van der Waals surface area contributed by atoms with Crippen molar-refractivity contribution < 1.29 is 22.9 Å². The maximum Gasteiger partial charge on any atom is 0.416 e. The van der Waals surface area contributed by atoms with E-state index in [0.717, 1.165) is 75.9 Å². The van der Waals surface area contributed by atoms with Crippen LogP contribution in [0, 0.1) is 10.1 Å². The van der Waals surface area contributed by atoms with Crippen LogP contribution in [0.25, 0.3) is 0 Å². The van der Waals surface area contributed by atoms with Gasteiger partial charge in [-0.1, -0.05) is 25.0 Å². The molecule has 1 aromatic rings. The Morgan fingerprint density at radius 2 is 1.69 bits per heavy atom. The molecule has 10 heteroatoms. The first kappa shape index (κ1) is 23.4. The predicted octanol–water partition coefficient (Wildman–Crippen LogP) is 3.97. The van der Waals surface area contributed by atoms with Crippen molar-refractivity contribution in [3.05, 3.63) is 45.5 Å². The Kier molecular flexibility index (Phi) is 7.87. The lowest BCUT2D eigenvalue weighted by atomic mass is 9.89. The topological polar surface area (TPSA) is 75.5 Å². The van der Waals surface area contributed by atoms with Gasteiger partial charge in [0.2, 0.25) is 0 Å². The number of alkyl halides is 3. The molecule has 1 aliphatic carbocycles. The molecule has 2 fully saturated rings. The maximum absolute atomic E-state index is 12.7. The number of hydrogen-bond acceptors (Lipinski definition) is 4. The molecular formula is C19H25ClF3N3O3. The summed E-state index contributed by atoms with van der Waals surface area (Å²) in [6.07, 6.45) is 1.39. The number of amides is 1.